The monoisotopic (exact) mass is 193 g/mol. The Bertz CT molecular complexity index is 286. The van der Waals surface area contributed by atoms with Gasteiger partial charge < -0.3 is 9.88 Å². The predicted molar refractivity (Wildman–Crippen MR) is 53.0 cm³/mol. The average molecular weight is 193 g/mol. The lowest BCUT2D eigenvalue weighted by molar-refractivity contribution is 0.0756. The second-order valence-corrected chi connectivity index (χ2v) is 3.67. The maximum atomic E-state index is 11.9. The molecule has 4 nitrogen and oxygen atoms in total. The number of hydrogen-bond donors (Lipinski definition) is 1. The van der Waals surface area contributed by atoms with Gasteiger partial charge in [-0.15, -0.1) is 0 Å². The van der Waals surface area contributed by atoms with Gasteiger partial charge >= 0.3 is 0 Å². The van der Waals surface area contributed by atoms with Gasteiger partial charge in [0.05, 0.1) is 12.5 Å². The highest BCUT2D eigenvalue weighted by molar-refractivity contribution is 5.92. The number of aromatic nitrogens is 2. The molecule has 1 saturated heterocycles. The third kappa shape index (κ3) is 1.95. The zero-order chi connectivity index (χ0) is 9.80. The molecule has 1 aromatic rings. The number of carbonyl (C=O) groups excluding carboxylic acids is 1. The number of aromatic amines is 1. The predicted octanol–water partition coefficient (Wildman–Crippen LogP) is 1.43. The highest BCUT2D eigenvalue weighted by atomic mass is 16.2. The fourth-order valence-corrected chi connectivity index (χ4v) is 1.82. The summed E-state index contributed by atoms with van der Waals surface area (Å²) in [6, 6.07) is 0. The number of amides is 1. The van der Waals surface area contributed by atoms with Gasteiger partial charge in [0.25, 0.3) is 5.91 Å². The summed E-state index contributed by atoms with van der Waals surface area (Å²) in [6.45, 7) is 1.77. The van der Waals surface area contributed by atoms with Crippen molar-refractivity contribution in [2.24, 2.45) is 0 Å². The van der Waals surface area contributed by atoms with Crippen molar-refractivity contribution in [3.63, 3.8) is 0 Å². The van der Waals surface area contributed by atoms with Gasteiger partial charge in [0.15, 0.2) is 0 Å². The molecule has 0 spiro atoms. The number of carbonyl (C=O) groups is 1. The van der Waals surface area contributed by atoms with E-state index in [-0.39, 0.29) is 5.91 Å². The van der Waals surface area contributed by atoms with Crippen molar-refractivity contribution in [1.29, 1.82) is 0 Å². The first kappa shape index (κ1) is 9.24. The number of H-pyrrole nitrogens is 1. The van der Waals surface area contributed by atoms with E-state index in [1.807, 2.05) is 4.90 Å². The zero-order valence-corrected chi connectivity index (χ0v) is 8.20. The normalized spacial score (nSPS) is 17.9. The highest BCUT2D eigenvalue weighted by Gasteiger charge is 2.17. The van der Waals surface area contributed by atoms with Crippen LogP contribution in [0.1, 0.15) is 36.2 Å². The minimum Gasteiger partial charge on any atom is -0.341 e. The second-order valence-electron chi connectivity index (χ2n) is 3.67. The van der Waals surface area contributed by atoms with Crippen molar-refractivity contribution in [3.05, 3.63) is 18.2 Å². The summed E-state index contributed by atoms with van der Waals surface area (Å²) in [5, 5.41) is 0. The Balaban J connectivity index is 2.03. The first-order chi connectivity index (χ1) is 6.88. The molecule has 4 heteroatoms. The lowest BCUT2D eigenvalue weighted by Crippen LogP contribution is -2.32. The van der Waals surface area contributed by atoms with Crippen LogP contribution in [0, 0.1) is 0 Å². The van der Waals surface area contributed by atoms with Gasteiger partial charge in [0.1, 0.15) is 5.69 Å². The van der Waals surface area contributed by atoms with E-state index in [0.717, 1.165) is 25.9 Å². The van der Waals surface area contributed by atoms with Crippen LogP contribution in [0.3, 0.4) is 0 Å². The number of imidazole rings is 1. The average Bonchev–Trinajstić information content (AvgIpc) is 2.59. The van der Waals surface area contributed by atoms with Crippen LogP contribution >= 0.6 is 0 Å². The first-order valence-electron chi connectivity index (χ1n) is 5.15. The molecule has 2 rings (SSSR count). The summed E-state index contributed by atoms with van der Waals surface area (Å²) in [7, 11) is 0. The Hall–Kier alpha value is -1.32. The quantitative estimate of drug-likeness (QED) is 0.733. The van der Waals surface area contributed by atoms with Gasteiger partial charge in [-0.3, -0.25) is 4.79 Å². The van der Waals surface area contributed by atoms with Crippen LogP contribution in [-0.4, -0.2) is 33.9 Å². The summed E-state index contributed by atoms with van der Waals surface area (Å²) in [5.74, 6) is 0.0874. The van der Waals surface area contributed by atoms with E-state index >= 15 is 0 Å². The van der Waals surface area contributed by atoms with E-state index in [0.29, 0.717) is 5.69 Å². The number of nitrogens with zero attached hydrogens (tertiary/aromatic N) is 2. The molecule has 1 fully saturated rings. The van der Waals surface area contributed by atoms with Crippen molar-refractivity contribution in [2.75, 3.05) is 13.1 Å². The summed E-state index contributed by atoms with van der Waals surface area (Å²) < 4.78 is 0. The van der Waals surface area contributed by atoms with E-state index in [1.54, 1.807) is 12.5 Å². The SMILES string of the molecule is O=C(c1cnc[nH]1)N1CCCCCC1. The van der Waals surface area contributed by atoms with E-state index in [9.17, 15) is 4.79 Å². The Labute approximate surface area is 83.3 Å². The molecule has 0 bridgehead atoms. The Morgan fingerprint density at radius 3 is 2.57 bits per heavy atom. The molecular formula is C10H15N3O. The summed E-state index contributed by atoms with van der Waals surface area (Å²) in [6.07, 6.45) is 7.87. The van der Waals surface area contributed by atoms with Gasteiger partial charge in [-0.05, 0) is 12.8 Å². The van der Waals surface area contributed by atoms with E-state index in [4.69, 9.17) is 0 Å². The van der Waals surface area contributed by atoms with Gasteiger partial charge in [-0.2, -0.15) is 0 Å². The lowest BCUT2D eigenvalue weighted by Gasteiger charge is -2.18. The van der Waals surface area contributed by atoms with Crippen LogP contribution in [0.15, 0.2) is 12.5 Å². The molecule has 1 aliphatic heterocycles. The molecule has 0 aliphatic carbocycles. The fraction of sp³-hybridized carbons (Fsp3) is 0.600. The lowest BCUT2D eigenvalue weighted by atomic mass is 10.2. The summed E-state index contributed by atoms with van der Waals surface area (Å²) >= 11 is 0. The summed E-state index contributed by atoms with van der Waals surface area (Å²) in [4.78, 5) is 20.5. The third-order valence-electron chi connectivity index (χ3n) is 2.62. The smallest absolute Gasteiger partial charge is 0.271 e. The molecular weight excluding hydrogens is 178 g/mol. The number of likely N-dealkylation sites (tertiary alicyclic amines) is 1. The Kier molecular flexibility index (Phi) is 2.81. The topological polar surface area (TPSA) is 49.0 Å². The molecule has 2 heterocycles. The molecule has 0 atom stereocenters. The Morgan fingerprint density at radius 2 is 2.00 bits per heavy atom. The number of nitrogens with one attached hydrogen (secondary N) is 1. The minimum absolute atomic E-state index is 0.0874. The number of rotatable bonds is 1. The van der Waals surface area contributed by atoms with Crippen molar-refractivity contribution >= 4 is 5.91 Å². The van der Waals surface area contributed by atoms with Gasteiger partial charge in [0, 0.05) is 13.1 Å². The fourth-order valence-electron chi connectivity index (χ4n) is 1.82. The van der Waals surface area contributed by atoms with Crippen molar-refractivity contribution in [1.82, 2.24) is 14.9 Å². The molecule has 0 saturated carbocycles. The van der Waals surface area contributed by atoms with E-state index < -0.39 is 0 Å². The maximum absolute atomic E-state index is 11.9. The summed E-state index contributed by atoms with van der Waals surface area (Å²) in [5.41, 5.74) is 0.604. The largest absolute Gasteiger partial charge is 0.341 e. The van der Waals surface area contributed by atoms with Crippen molar-refractivity contribution in [2.45, 2.75) is 25.7 Å². The van der Waals surface area contributed by atoms with Gasteiger partial charge in [0.2, 0.25) is 0 Å². The van der Waals surface area contributed by atoms with Crippen LogP contribution in [0.25, 0.3) is 0 Å². The van der Waals surface area contributed by atoms with Crippen LogP contribution in [0.2, 0.25) is 0 Å². The molecule has 76 valence electrons. The standard InChI is InChI=1S/C10H15N3O/c14-10(9-7-11-8-12-9)13-5-3-1-2-4-6-13/h7-8H,1-6H2,(H,11,12). The van der Waals surface area contributed by atoms with Crippen molar-refractivity contribution < 1.29 is 4.79 Å². The molecule has 0 radical (unpaired) electrons. The first-order valence-corrected chi connectivity index (χ1v) is 5.15. The van der Waals surface area contributed by atoms with Crippen molar-refractivity contribution in [3.8, 4) is 0 Å². The molecule has 0 unspecified atom stereocenters. The molecule has 1 aliphatic rings. The molecule has 1 aromatic heterocycles. The molecule has 1 amide bonds. The second kappa shape index (κ2) is 4.26. The molecule has 1 N–H and O–H groups in total. The minimum atomic E-state index is 0.0874. The van der Waals surface area contributed by atoms with E-state index in [2.05, 4.69) is 9.97 Å². The molecule has 0 aromatic carbocycles. The van der Waals surface area contributed by atoms with Crippen LogP contribution in [0.4, 0.5) is 0 Å². The van der Waals surface area contributed by atoms with E-state index in [1.165, 1.54) is 12.8 Å². The van der Waals surface area contributed by atoms with Gasteiger partial charge in [-0.25, -0.2) is 4.98 Å². The highest BCUT2D eigenvalue weighted by Crippen LogP contribution is 2.11. The zero-order valence-electron chi connectivity index (χ0n) is 8.20. The number of hydrogen-bond acceptors (Lipinski definition) is 2. The third-order valence-corrected chi connectivity index (χ3v) is 2.62. The Morgan fingerprint density at radius 1 is 1.29 bits per heavy atom. The van der Waals surface area contributed by atoms with Crippen LogP contribution in [-0.2, 0) is 0 Å². The molecule has 14 heavy (non-hydrogen) atoms. The van der Waals surface area contributed by atoms with Crippen LogP contribution < -0.4 is 0 Å². The van der Waals surface area contributed by atoms with Gasteiger partial charge in [-0.1, -0.05) is 12.8 Å². The van der Waals surface area contributed by atoms with Crippen LogP contribution in [0.5, 0.6) is 0 Å². The maximum Gasteiger partial charge on any atom is 0.271 e.